The average molecular weight is 305 g/mol. The van der Waals surface area contributed by atoms with E-state index >= 15 is 0 Å². The lowest BCUT2D eigenvalue weighted by molar-refractivity contribution is 0.0936. The minimum Gasteiger partial charge on any atom is -0.345 e. The van der Waals surface area contributed by atoms with Gasteiger partial charge in [-0.05, 0) is 18.1 Å². The van der Waals surface area contributed by atoms with Gasteiger partial charge in [0.05, 0.1) is 0 Å². The highest BCUT2D eigenvalue weighted by Crippen LogP contribution is 2.07. The number of carbonyl (C=O) groups excluding carboxylic acids is 1. The van der Waals surface area contributed by atoms with Crippen LogP contribution in [-0.4, -0.2) is 15.5 Å². The molecule has 1 N–H and O–H groups in total. The Morgan fingerprint density at radius 3 is 2.65 bits per heavy atom. The number of imidazole rings is 1. The first-order valence-electron chi connectivity index (χ1n) is 7.61. The molecular weight excluding hydrogens is 286 g/mol. The Kier molecular flexibility index (Phi) is 4.52. The molecule has 4 nitrogen and oxygen atoms in total. The summed E-state index contributed by atoms with van der Waals surface area (Å²) in [6, 6.07) is 18.1. The van der Waals surface area contributed by atoms with Crippen molar-refractivity contribution in [3.8, 4) is 0 Å². The number of carbonyl (C=O) groups is 1. The van der Waals surface area contributed by atoms with Gasteiger partial charge in [0, 0.05) is 25.5 Å². The maximum atomic E-state index is 12.4. The van der Waals surface area contributed by atoms with Crippen LogP contribution in [0.4, 0.5) is 0 Å². The lowest BCUT2D eigenvalue weighted by Gasteiger charge is -2.09. The molecular formula is C19H19N3O. The van der Waals surface area contributed by atoms with Crippen LogP contribution in [0.25, 0.3) is 0 Å². The van der Waals surface area contributed by atoms with Crippen molar-refractivity contribution in [1.82, 2.24) is 14.9 Å². The van der Waals surface area contributed by atoms with Gasteiger partial charge in [-0.15, -0.1) is 0 Å². The van der Waals surface area contributed by atoms with Crippen LogP contribution in [0.1, 0.15) is 27.3 Å². The number of nitrogens with zero attached hydrogens (tertiary/aromatic N) is 2. The number of aryl methyl sites for hydroxylation is 1. The van der Waals surface area contributed by atoms with Crippen molar-refractivity contribution >= 4 is 5.91 Å². The number of hydrogen-bond donors (Lipinski definition) is 1. The molecule has 0 radical (unpaired) electrons. The van der Waals surface area contributed by atoms with Gasteiger partial charge in [0.25, 0.3) is 5.91 Å². The van der Waals surface area contributed by atoms with Crippen LogP contribution in [0.5, 0.6) is 0 Å². The molecule has 0 aliphatic rings. The lowest BCUT2D eigenvalue weighted by atomic mass is 10.1. The smallest absolute Gasteiger partial charge is 0.287 e. The summed E-state index contributed by atoms with van der Waals surface area (Å²) in [6.07, 6.45) is 3.49. The third-order valence-corrected chi connectivity index (χ3v) is 3.65. The second-order valence-electron chi connectivity index (χ2n) is 5.54. The fourth-order valence-corrected chi connectivity index (χ4v) is 2.51. The second-order valence-corrected chi connectivity index (χ2v) is 5.54. The van der Waals surface area contributed by atoms with E-state index in [1.807, 2.05) is 66.2 Å². The minimum atomic E-state index is -0.160. The summed E-state index contributed by atoms with van der Waals surface area (Å²) in [6.45, 7) is 3.17. The van der Waals surface area contributed by atoms with Crippen LogP contribution in [0.15, 0.2) is 67.0 Å². The fraction of sp³-hybridized carbons (Fsp3) is 0.158. The molecule has 0 aliphatic heterocycles. The van der Waals surface area contributed by atoms with E-state index in [9.17, 15) is 4.79 Å². The summed E-state index contributed by atoms with van der Waals surface area (Å²) < 4.78 is 1.86. The summed E-state index contributed by atoms with van der Waals surface area (Å²) in [5.41, 5.74) is 3.40. The molecule has 0 unspecified atom stereocenters. The van der Waals surface area contributed by atoms with Gasteiger partial charge in [-0.25, -0.2) is 4.98 Å². The molecule has 0 saturated heterocycles. The van der Waals surface area contributed by atoms with E-state index in [1.165, 1.54) is 5.56 Å². The lowest BCUT2D eigenvalue weighted by Crippen LogP contribution is -2.26. The Balaban J connectivity index is 1.67. The first-order valence-corrected chi connectivity index (χ1v) is 7.61. The highest BCUT2D eigenvalue weighted by Gasteiger charge is 2.12. The van der Waals surface area contributed by atoms with Crippen LogP contribution >= 0.6 is 0 Å². The molecule has 0 atom stereocenters. The van der Waals surface area contributed by atoms with E-state index in [4.69, 9.17) is 0 Å². The Morgan fingerprint density at radius 1 is 1.09 bits per heavy atom. The van der Waals surface area contributed by atoms with Crippen molar-refractivity contribution in [1.29, 1.82) is 0 Å². The molecule has 1 amide bonds. The van der Waals surface area contributed by atoms with Crippen LogP contribution in [-0.2, 0) is 13.1 Å². The van der Waals surface area contributed by atoms with Gasteiger partial charge < -0.3 is 9.88 Å². The number of benzene rings is 2. The molecule has 1 heterocycles. The highest BCUT2D eigenvalue weighted by molar-refractivity contribution is 5.90. The zero-order valence-corrected chi connectivity index (χ0v) is 13.1. The van der Waals surface area contributed by atoms with E-state index in [-0.39, 0.29) is 5.91 Å². The number of aromatic nitrogens is 2. The molecule has 2 aromatic carbocycles. The Bertz CT molecular complexity index is 793. The molecule has 116 valence electrons. The first kappa shape index (κ1) is 15.0. The van der Waals surface area contributed by atoms with Gasteiger partial charge in [0.1, 0.15) is 0 Å². The van der Waals surface area contributed by atoms with E-state index in [2.05, 4.69) is 16.4 Å². The van der Waals surface area contributed by atoms with Crippen LogP contribution in [0.2, 0.25) is 0 Å². The third kappa shape index (κ3) is 3.86. The first-order chi connectivity index (χ1) is 11.2. The topological polar surface area (TPSA) is 46.9 Å². The molecule has 0 saturated carbocycles. The molecule has 0 fully saturated rings. The third-order valence-electron chi connectivity index (χ3n) is 3.65. The standard InChI is InChI=1S/C19H19N3O/c1-15-6-5-9-17(12-15)13-21-19(23)18-20-10-11-22(18)14-16-7-3-2-4-8-16/h2-12H,13-14H2,1H3,(H,21,23). The maximum Gasteiger partial charge on any atom is 0.287 e. The molecule has 1 aromatic heterocycles. The molecule has 0 bridgehead atoms. The largest absolute Gasteiger partial charge is 0.345 e. The molecule has 3 aromatic rings. The van der Waals surface area contributed by atoms with E-state index < -0.39 is 0 Å². The van der Waals surface area contributed by atoms with E-state index in [0.29, 0.717) is 18.9 Å². The number of nitrogens with one attached hydrogen (secondary N) is 1. The van der Waals surface area contributed by atoms with Crippen molar-refractivity contribution in [3.63, 3.8) is 0 Å². The molecule has 0 aliphatic carbocycles. The monoisotopic (exact) mass is 305 g/mol. The van der Waals surface area contributed by atoms with Gasteiger partial charge >= 0.3 is 0 Å². The van der Waals surface area contributed by atoms with Crippen molar-refractivity contribution in [2.75, 3.05) is 0 Å². The summed E-state index contributed by atoms with van der Waals surface area (Å²) in [7, 11) is 0. The number of amides is 1. The van der Waals surface area contributed by atoms with Gasteiger partial charge in [-0.3, -0.25) is 4.79 Å². The van der Waals surface area contributed by atoms with Gasteiger partial charge in [-0.2, -0.15) is 0 Å². The zero-order valence-electron chi connectivity index (χ0n) is 13.1. The minimum absolute atomic E-state index is 0.160. The van der Waals surface area contributed by atoms with Gasteiger partial charge in [0.2, 0.25) is 0 Å². The summed E-state index contributed by atoms with van der Waals surface area (Å²) in [4.78, 5) is 16.6. The molecule has 0 spiro atoms. The number of rotatable bonds is 5. The predicted molar refractivity (Wildman–Crippen MR) is 90.1 cm³/mol. The van der Waals surface area contributed by atoms with Gasteiger partial charge in [0.15, 0.2) is 5.82 Å². The predicted octanol–water partition coefficient (Wildman–Crippen LogP) is 3.17. The Labute approximate surface area is 135 Å². The molecule has 23 heavy (non-hydrogen) atoms. The highest BCUT2D eigenvalue weighted by atomic mass is 16.2. The van der Waals surface area contributed by atoms with E-state index in [0.717, 1.165) is 11.1 Å². The van der Waals surface area contributed by atoms with Crippen LogP contribution in [0.3, 0.4) is 0 Å². The van der Waals surface area contributed by atoms with Crippen molar-refractivity contribution in [2.24, 2.45) is 0 Å². The van der Waals surface area contributed by atoms with Crippen molar-refractivity contribution in [2.45, 2.75) is 20.0 Å². The zero-order chi connectivity index (χ0) is 16.1. The summed E-state index contributed by atoms with van der Waals surface area (Å²) in [5.74, 6) is 0.272. The average Bonchev–Trinajstić information content (AvgIpc) is 3.02. The van der Waals surface area contributed by atoms with Crippen LogP contribution in [0, 0.1) is 6.92 Å². The van der Waals surface area contributed by atoms with Crippen molar-refractivity contribution in [3.05, 3.63) is 89.5 Å². The van der Waals surface area contributed by atoms with E-state index in [1.54, 1.807) is 6.20 Å². The number of hydrogen-bond acceptors (Lipinski definition) is 2. The molecule has 3 rings (SSSR count). The maximum absolute atomic E-state index is 12.4. The quantitative estimate of drug-likeness (QED) is 0.787. The Hall–Kier alpha value is -2.88. The summed E-state index contributed by atoms with van der Waals surface area (Å²) in [5, 5.41) is 2.93. The fourth-order valence-electron chi connectivity index (χ4n) is 2.51. The Morgan fingerprint density at radius 2 is 1.87 bits per heavy atom. The SMILES string of the molecule is Cc1cccc(CNC(=O)c2nccn2Cc2ccccc2)c1. The van der Waals surface area contributed by atoms with Crippen molar-refractivity contribution < 1.29 is 4.79 Å². The van der Waals surface area contributed by atoms with Gasteiger partial charge in [-0.1, -0.05) is 60.2 Å². The normalized spacial score (nSPS) is 10.5. The molecule has 4 heteroatoms. The summed E-state index contributed by atoms with van der Waals surface area (Å²) >= 11 is 0. The van der Waals surface area contributed by atoms with Crippen LogP contribution < -0.4 is 5.32 Å². The second kappa shape index (κ2) is 6.92.